The number of carbonyl (C=O) groups excluding carboxylic acids is 3. The minimum absolute atomic E-state index is 0.0112. The molecule has 2 aliphatic rings. The Balaban J connectivity index is 0.918. The summed E-state index contributed by atoms with van der Waals surface area (Å²) < 4.78 is 62.8. The van der Waals surface area contributed by atoms with Crippen molar-refractivity contribution in [2.45, 2.75) is 76.3 Å². The van der Waals surface area contributed by atoms with Gasteiger partial charge in [-0.3, -0.25) is 14.4 Å². The molecule has 2 aliphatic heterocycles. The lowest BCUT2D eigenvalue weighted by molar-refractivity contribution is -0.940. The first kappa shape index (κ1) is 54.9. The maximum Gasteiger partial charge on any atom is 0.311 e. The molecule has 0 saturated carbocycles. The first-order valence-electron chi connectivity index (χ1n) is 24.8. The van der Waals surface area contributed by atoms with Gasteiger partial charge in [0, 0.05) is 36.8 Å². The average Bonchev–Trinajstić information content (AvgIpc) is 3.40. The lowest BCUT2D eigenvalue weighted by atomic mass is 9.86. The second-order valence-corrected chi connectivity index (χ2v) is 19.0. The zero-order chi connectivity index (χ0) is 51.8. The molecule has 16 nitrogen and oxygen atoms in total. The van der Waals surface area contributed by atoms with Crippen molar-refractivity contribution < 1.29 is 75.5 Å². The van der Waals surface area contributed by atoms with E-state index in [1.54, 1.807) is 56.9 Å². The summed E-state index contributed by atoms with van der Waals surface area (Å²) >= 11 is 0. The summed E-state index contributed by atoms with van der Waals surface area (Å²) in [6.07, 6.45) is 5.40. The molecule has 0 saturated heterocycles. The van der Waals surface area contributed by atoms with Crippen LogP contribution < -0.4 is 37.9 Å². The molecule has 0 aromatic heterocycles. The molecule has 16 heteroatoms. The van der Waals surface area contributed by atoms with Crippen LogP contribution in [0.1, 0.15) is 84.0 Å². The first-order chi connectivity index (χ1) is 34.7. The van der Waals surface area contributed by atoms with E-state index in [-0.39, 0.29) is 63.1 Å². The van der Waals surface area contributed by atoms with Crippen LogP contribution in [0.25, 0.3) is 0 Å². The van der Waals surface area contributed by atoms with Crippen molar-refractivity contribution in [1.29, 1.82) is 0 Å². The van der Waals surface area contributed by atoms with E-state index in [1.165, 1.54) is 16.7 Å². The molecule has 4 atom stereocenters. The molecular formula is C56H76N2O14+2. The van der Waals surface area contributed by atoms with Crippen LogP contribution in [-0.4, -0.2) is 144 Å². The molecule has 4 aromatic carbocycles. The second-order valence-electron chi connectivity index (χ2n) is 19.0. The highest BCUT2D eigenvalue weighted by atomic mass is 16.6. The fourth-order valence-electron chi connectivity index (χ4n) is 10.2. The summed E-state index contributed by atoms with van der Waals surface area (Å²) in [7, 11) is 17.4. The summed E-state index contributed by atoms with van der Waals surface area (Å²) in [6.45, 7) is 3.22. The van der Waals surface area contributed by atoms with Gasteiger partial charge in [-0.15, -0.1) is 0 Å². The monoisotopic (exact) mass is 1000 g/mol. The van der Waals surface area contributed by atoms with E-state index in [4.69, 9.17) is 52.1 Å². The highest BCUT2D eigenvalue weighted by Gasteiger charge is 2.42. The van der Waals surface area contributed by atoms with Crippen molar-refractivity contribution in [3.05, 3.63) is 94.0 Å². The van der Waals surface area contributed by atoms with Crippen LogP contribution in [0.3, 0.4) is 0 Å². The SMILES string of the molecule is COc1ccc(C[C@@H]2c3cc(OC)c(OC)cc3CC[N@+]2(C)CCC(=O)OCCCCCOC(=O)CCOC(=O)CC[N@@+]2(C)CCc3cc(OC)c(OC)cc3[C@H]2Cc2ccc(OC)c(OC)c2)cc1OC. The largest absolute Gasteiger partial charge is 0.493 e. The fraction of sp³-hybridized carbons (Fsp3) is 0.518. The van der Waals surface area contributed by atoms with E-state index in [2.05, 4.69) is 44.4 Å². The Morgan fingerprint density at radius 1 is 0.431 bits per heavy atom. The Labute approximate surface area is 425 Å². The van der Waals surface area contributed by atoms with Gasteiger partial charge in [-0.1, -0.05) is 12.1 Å². The molecule has 0 radical (unpaired) electrons. The minimum atomic E-state index is -0.431. The number of esters is 3. The molecule has 4 aromatic rings. The highest BCUT2D eigenvalue weighted by molar-refractivity contribution is 5.72. The number of methoxy groups -OCH3 is 8. The van der Waals surface area contributed by atoms with Crippen molar-refractivity contribution in [1.82, 2.24) is 0 Å². The molecule has 0 unspecified atom stereocenters. The normalized spacial score (nSPS) is 18.9. The lowest BCUT2D eigenvalue weighted by Gasteiger charge is -2.46. The Hall–Kier alpha value is -6.39. The van der Waals surface area contributed by atoms with Gasteiger partial charge in [0.2, 0.25) is 0 Å². The van der Waals surface area contributed by atoms with Crippen LogP contribution in [0.4, 0.5) is 0 Å². The summed E-state index contributed by atoms with van der Waals surface area (Å²) in [6, 6.07) is 20.2. The van der Waals surface area contributed by atoms with Crippen LogP contribution in [0.2, 0.25) is 0 Å². The van der Waals surface area contributed by atoms with Gasteiger partial charge in [-0.2, -0.15) is 0 Å². The number of carbonyl (C=O) groups is 3. The molecule has 72 heavy (non-hydrogen) atoms. The Bertz CT molecular complexity index is 2480. The Kier molecular flexibility index (Phi) is 19.7. The molecule has 0 bridgehead atoms. The summed E-state index contributed by atoms with van der Waals surface area (Å²) in [5, 5.41) is 0. The fourth-order valence-corrected chi connectivity index (χ4v) is 10.2. The van der Waals surface area contributed by atoms with Gasteiger partial charge in [-0.05, 0) is 90.0 Å². The molecule has 2 heterocycles. The second kappa shape index (κ2) is 25.8. The van der Waals surface area contributed by atoms with Crippen LogP contribution >= 0.6 is 0 Å². The smallest absolute Gasteiger partial charge is 0.311 e. The quantitative estimate of drug-likeness (QED) is 0.0246. The first-order valence-corrected chi connectivity index (χ1v) is 24.8. The van der Waals surface area contributed by atoms with Crippen LogP contribution in [-0.2, 0) is 54.3 Å². The average molecular weight is 1000 g/mol. The molecule has 0 aliphatic carbocycles. The maximum absolute atomic E-state index is 13.1. The minimum Gasteiger partial charge on any atom is -0.493 e. The standard InChI is InChI=1S/C56H76N2O14/c1-57(23-18-40-34-50(66-7)52(68-9)36-42(40)44(57)30-38-14-16-46(62-3)48(32-38)64-5)25-20-54(59)70-27-12-11-13-28-71-56(61)22-29-72-55(60)21-26-58(2)24-19-41-35-51(67-8)53(69-10)37-43(41)45(58)31-39-15-17-47(63-4)49(33-39)65-6/h14-17,32-37,44-45H,11-13,18-31H2,1-10H3/q+2/t44-,45-,57-,58-/m1/s1. The van der Waals surface area contributed by atoms with Crippen molar-refractivity contribution in [3.63, 3.8) is 0 Å². The van der Waals surface area contributed by atoms with E-state index in [0.29, 0.717) is 100 Å². The number of likely N-dealkylation sites (N-methyl/N-ethyl adjacent to an activating group) is 2. The molecule has 392 valence electrons. The van der Waals surface area contributed by atoms with Gasteiger partial charge in [0.15, 0.2) is 46.0 Å². The highest BCUT2D eigenvalue weighted by Crippen LogP contribution is 2.45. The number of unbranched alkanes of at least 4 members (excludes halogenated alkanes) is 2. The van der Waals surface area contributed by atoms with Gasteiger partial charge in [0.05, 0.1) is 130 Å². The molecule has 0 amide bonds. The number of hydrogen-bond acceptors (Lipinski definition) is 14. The van der Waals surface area contributed by atoms with Crippen molar-refractivity contribution in [2.75, 3.05) is 117 Å². The molecule has 0 N–H and O–H groups in total. The molecule has 0 spiro atoms. The van der Waals surface area contributed by atoms with E-state index in [9.17, 15) is 14.4 Å². The zero-order valence-corrected chi connectivity index (χ0v) is 44.1. The number of rotatable bonds is 27. The van der Waals surface area contributed by atoms with E-state index in [1.807, 2.05) is 30.3 Å². The Morgan fingerprint density at radius 3 is 1.17 bits per heavy atom. The summed E-state index contributed by atoms with van der Waals surface area (Å²) in [4.78, 5) is 38.8. The third-order valence-corrected chi connectivity index (χ3v) is 14.6. The number of benzene rings is 4. The van der Waals surface area contributed by atoms with Gasteiger partial charge in [-0.25, -0.2) is 0 Å². The molecule has 6 rings (SSSR count). The predicted octanol–water partition coefficient (Wildman–Crippen LogP) is 8.00. The zero-order valence-electron chi connectivity index (χ0n) is 44.1. The molecular weight excluding hydrogens is 925 g/mol. The van der Waals surface area contributed by atoms with Gasteiger partial charge in [0.25, 0.3) is 0 Å². The van der Waals surface area contributed by atoms with Crippen LogP contribution in [0.5, 0.6) is 46.0 Å². The summed E-state index contributed by atoms with van der Waals surface area (Å²) in [5.74, 6) is 4.30. The van der Waals surface area contributed by atoms with E-state index >= 15 is 0 Å². The molecule has 0 fully saturated rings. The van der Waals surface area contributed by atoms with E-state index < -0.39 is 5.97 Å². The van der Waals surface area contributed by atoms with Gasteiger partial charge >= 0.3 is 17.9 Å². The Morgan fingerprint density at radius 2 is 0.778 bits per heavy atom. The number of fused-ring (bicyclic) bond motifs is 2. The van der Waals surface area contributed by atoms with Crippen molar-refractivity contribution in [2.24, 2.45) is 0 Å². The maximum atomic E-state index is 13.1. The number of quaternary nitrogens is 2. The number of nitrogens with zero attached hydrogens (tertiary/aromatic N) is 2. The number of hydrogen-bond donors (Lipinski definition) is 0. The van der Waals surface area contributed by atoms with Gasteiger partial charge in [0.1, 0.15) is 18.7 Å². The van der Waals surface area contributed by atoms with Crippen molar-refractivity contribution >= 4 is 17.9 Å². The van der Waals surface area contributed by atoms with Crippen LogP contribution in [0.15, 0.2) is 60.7 Å². The van der Waals surface area contributed by atoms with Gasteiger partial charge < -0.3 is 61.1 Å². The van der Waals surface area contributed by atoms with Crippen molar-refractivity contribution in [3.8, 4) is 46.0 Å². The predicted molar refractivity (Wildman–Crippen MR) is 271 cm³/mol. The van der Waals surface area contributed by atoms with E-state index in [0.717, 1.165) is 42.6 Å². The third-order valence-electron chi connectivity index (χ3n) is 14.6. The number of ether oxygens (including phenoxy) is 11. The topological polar surface area (TPSA) is 153 Å². The van der Waals surface area contributed by atoms with Crippen LogP contribution in [0, 0.1) is 0 Å². The lowest BCUT2D eigenvalue weighted by Crippen LogP contribution is -2.53. The third kappa shape index (κ3) is 13.6. The summed E-state index contributed by atoms with van der Waals surface area (Å²) in [5.41, 5.74) is 6.85.